The van der Waals surface area contributed by atoms with Crippen LogP contribution in [0.25, 0.3) is 0 Å². The molecule has 3 nitrogen and oxygen atoms in total. The number of aromatic carboxylic acids is 1. The standard InChI is InChI=1S/C10H11FO3/c1-6(2)14-8-5-3-4-7(9(8)11)10(12)13/h3-6H,1-2H3,(H,12,13). The third-order valence-electron chi connectivity index (χ3n) is 1.56. The van der Waals surface area contributed by atoms with Gasteiger partial charge in [-0.3, -0.25) is 0 Å². The van der Waals surface area contributed by atoms with Crippen molar-refractivity contribution in [1.29, 1.82) is 0 Å². The van der Waals surface area contributed by atoms with E-state index in [1.54, 1.807) is 13.8 Å². The minimum absolute atomic E-state index is 0.0279. The monoisotopic (exact) mass is 198 g/mol. The Kier molecular flexibility index (Phi) is 3.06. The highest BCUT2D eigenvalue weighted by Crippen LogP contribution is 2.21. The number of ether oxygens (including phenoxy) is 1. The first kappa shape index (κ1) is 10.5. The Labute approximate surface area is 81.1 Å². The number of hydrogen-bond acceptors (Lipinski definition) is 2. The van der Waals surface area contributed by atoms with Gasteiger partial charge in [0.1, 0.15) is 0 Å². The fraction of sp³-hybridized carbons (Fsp3) is 0.300. The molecule has 1 rings (SSSR count). The molecule has 0 radical (unpaired) electrons. The smallest absolute Gasteiger partial charge is 0.338 e. The van der Waals surface area contributed by atoms with Gasteiger partial charge in [0.15, 0.2) is 11.6 Å². The number of hydrogen-bond donors (Lipinski definition) is 1. The molecule has 0 aliphatic rings. The van der Waals surface area contributed by atoms with Crippen LogP contribution in [0, 0.1) is 5.82 Å². The fourth-order valence-electron chi connectivity index (χ4n) is 1.02. The quantitative estimate of drug-likeness (QED) is 0.810. The zero-order valence-corrected chi connectivity index (χ0v) is 7.95. The van der Waals surface area contributed by atoms with E-state index in [1.165, 1.54) is 18.2 Å². The van der Waals surface area contributed by atoms with Crippen LogP contribution in [-0.2, 0) is 0 Å². The van der Waals surface area contributed by atoms with E-state index in [1.807, 2.05) is 0 Å². The van der Waals surface area contributed by atoms with Gasteiger partial charge in [-0.1, -0.05) is 6.07 Å². The summed E-state index contributed by atoms with van der Waals surface area (Å²) in [6.07, 6.45) is -0.187. The molecule has 76 valence electrons. The topological polar surface area (TPSA) is 46.5 Å². The molecule has 0 heterocycles. The van der Waals surface area contributed by atoms with Gasteiger partial charge < -0.3 is 9.84 Å². The van der Waals surface area contributed by atoms with E-state index in [0.29, 0.717) is 0 Å². The van der Waals surface area contributed by atoms with Gasteiger partial charge in [-0.15, -0.1) is 0 Å². The van der Waals surface area contributed by atoms with E-state index >= 15 is 0 Å². The molecule has 1 N–H and O–H groups in total. The molecule has 0 spiro atoms. The largest absolute Gasteiger partial charge is 0.488 e. The normalized spacial score (nSPS) is 10.3. The molecular weight excluding hydrogens is 187 g/mol. The highest BCUT2D eigenvalue weighted by molar-refractivity contribution is 5.88. The summed E-state index contributed by atoms with van der Waals surface area (Å²) in [6.45, 7) is 3.49. The molecule has 0 saturated carbocycles. The Hall–Kier alpha value is -1.58. The molecule has 0 atom stereocenters. The van der Waals surface area contributed by atoms with Gasteiger partial charge in [0, 0.05) is 0 Å². The Morgan fingerprint density at radius 3 is 2.64 bits per heavy atom. The summed E-state index contributed by atoms with van der Waals surface area (Å²) in [7, 11) is 0. The van der Waals surface area contributed by atoms with Crippen molar-refractivity contribution in [2.75, 3.05) is 0 Å². The highest BCUT2D eigenvalue weighted by atomic mass is 19.1. The zero-order valence-electron chi connectivity index (χ0n) is 7.95. The van der Waals surface area contributed by atoms with E-state index in [-0.39, 0.29) is 17.4 Å². The molecule has 0 aliphatic heterocycles. The second-order valence-electron chi connectivity index (χ2n) is 3.09. The van der Waals surface area contributed by atoms with Crippen LogP contribution in [-0.4, -0.2) is 17.2 Å². The van der Waals surface area contributed by atoms with Crippen molar-refractivity contribution >= 4 is 5.97 Å². The maximum Gasteiger partial charge on any atom is 0.338 e. The number of rotatable bonds is 3. The third-order valence-corrected chi connectivity index (χ3v) is 1.56. The lowest BCUT2D eigenvalue weighted by molar-refractivity contribution is 0.0690. The first-order valence-electron chi connectivity index (χ1n) is 4.21. The van der Waals surface area contributed by atoms with Gasteiger partial charge in [-0.25, -0.2) is 9.18 Å². The van der Waals surface area contributed by atoms with Crippen molar-refractivity contribution in [3.8, 4) is 5.75 Å². The Morgan fingerprint density at radius 1 is 1.50 bits per heavy atom. The zero-order chi connectivity index (χ0) is 10.7. The van der Waals surface area contributed by atoms with Gasteiger partial charge in [0.25, 0.3) is 0 Å². The van der Waals surface area contributed by atoms with Crippen LogP contribution < -0.4 is 4.74 Å². The molecule has 1 aromatic carbocycles. The summed E-state index contributed by atoms with van der Waals surface area (Å²) in [5, 5.41) is 8.63. The lowest BCUT2D eigenvalue weighted by Gasteiger charge is -2.11. The number of carboxylic acid groups (broad SMARTS) is 1. The molecule has 0 aliphatic carbocycles. The van der Waals surface area contributed by atoms with Crippen molar-refractivity contribution in [3.63, 3.8) is 0 Å². The molecule has 0 amide bonds. The van der Waals surface area contributed by atoms with Gasteiger partial charge in [-0.2, -0.15) is 0 Å². The second-order valence-corrected chi connectivity index (χ2v) is 3.09. The molecular formula is C10H11FO3. The molecule has 0 aromatic heterocycles. The van der Waals surface area contributed by atoms with Crippen molar-refractivity contribution in [2.24, 2.45) is 0 Å². The summed E-state index contributed by atoms with van der Waals surface area (Å²) < 4.78 is 18.5. The average molecular weight is 198 g/mol. The van der Waals surface area contributed by atoms with Crippen LogP contribution in [0.3, 0.4) is 0 Å². The SMILES string of the molecule is CC(C)Oc1cccc(C(=O)O)c1F. The van der Waals surface area contributed by atoms with Gasteiger partial charge in [0.05, 0.1) is 11.7 Å². The maximum absolute atomic E-state index is 13.4. The van der Waals surface area contributed by atoms with E-state index < -0.39 is 11.8 Å². The molecule has 1 aromatic rings. The maximum atomic E-state index is 13.4. The summed E-state index contributed by atoms with van der Waals surface area (Å²) in [4.78, 5) is 10.6. The van der Waals surface area contributed by atoms with Crippen molar-refractivity contribution in [2.45, 2.75) is 20.0 Å². The van der Waals surface area contributed by atoms with E-state index in [2.05, 4.69) is 0 Å². The van der Waals surface area contributed by atoms with Crippen LogP contribution in [0.2, 0.25) is 0 Å². The number of carboxylic acids is 1. The molecule has 0 saturated heterocycles. The number of carbonyl (C=O) groups is 1. The van der Waals surface area contributed by atoms with Crippen LogP contribution in [0.1, 0.15) is 24.2 Å². The van der Waals surface area contributed by atoms with Crippen molar-refractivity contribution < 1.29 is 19.0 Å². The molecule has 0 fully saturated rings. The Balaban J connectivity index is 3.07. The van der Waals surface area contributed by atoms with E-state index in [0.717, 1.165) is 0 Å². The molecule has 0 unspecified atom stereocenters. The summed E-state index contributed by atoms with van der Waals surface area (Å²) in [5.41, 5.74) is -0.372. The third kappa shape index (κ3) is 2.22. The Bertz CT molecular complexity index is 347. The highest BCUT2D eigenvalue weighted by Gasteiger charge is 2.15. The van der Waals surface area contributed by atoms with Crippen LogP contribution in [0.5, 0.6) is 5.75 Å². The van der Waals surface area contributed by atoms with Crippen LogP contribution in [0.15, 0.2) is 18.2 Å². The minimum atomic E-state index is -1.29. The number of benzene rings is 1. The Morgan fingerprint density at radius 2 is 2.14 bits per heavy atom. The van der Waals surface area contributed by atoms with Gasteiger partial charge >= 0.3 is 5.97 Å². The van der Waals surface area contributed by atoms with E-state index in [4.69, 9.17) is 9.84 Å². The molecule has 14 heavy (non-hydrogen) atoms. The lowest BCUT2D eigenvalue weighted by Crippen LogP contribution is -2.09. The lowest BCUT2D eigenvalue weighted by atomic mass is 10.2. The fourth-order valence-corrected chi connectivity index (χ4v) is 1.02. The summed E-state index contributed by atoms with van der Waals surface area (Å²) >= 11 is 0. The van der Waals surface area contributed by atoms with Crippen molar-refractivity contribution in [1.82, 2.24) is 0 Å². The number of halogens is 1. The summed E-state index contributed by atoms with van der Waals surface area (Å²) in [5.74, 6) is -2.15. The second kappa shape index (κ2) is 4.09. The van der Waals surface area contributed by atoms with Gasteiger partial charge in [-0.05, 0) is 26.0 Å². The first-order valence-corrected chi connectivity index (χ1v) is 4.21. The van der Waals surface area contributed by atoms with Crippen LogP contribution in [0.4, 0.5) is 4.39 Å². The molecule has 0 bridgehead atoms. The summed E-state index contributed by atoms with van der Waals surface area (Å²) in [6, 6.07) is 4.05. The predicted molar refractivity (Wildman–Crippen MR) is 49.1 cm³/mol. The average Bonchev–Trinajstić information content (AvgIpc) is 2.07. The van der Waals surface area contributed by atoms with Crippen molar-refractivity contribution in [3.05, 3.63) is 29.6 Å². The minimum Gasteiger partial charge on any atom is -0.488 e. The van der Waals surface area contributed by atoms with E-state index in [9.17, 15) is 9.18 Å². The molecule has 4 heteroatoms. The predicted octanol–water partition coefficient (Wildman–Crippen LogP) is 2.31. The van der Waals surface area contributed by atoms with Crippen LogP contribution >= 0.6 is 0 Å². The van der Waals surface area contributed by atoms with Gasteiger partial charge in [0.2, 0.25) is 0 Å². The first-order chi connectivity index (χ1) is 6.52.